The first-order chi connectivity index (χ1) is 23.2. The van der Waals surface area contributed by atoms with Crippen molar-refractivity contribution in [3.8, 4) is 11.6 Å². The number of ether oxygens (including phenoxy) is 3. The zero-order chi connectivity index (χ0) is 35.1. The van der Waals surface area contributed by atoms with E-state index < -0.39 is 56.0 Å². The molecule has 1 aromatic carbocycles. The lowest BCUT2D eigenvalue weighted by Crippen LogP contribution is -2.48. The van der Waals surface area contributed by atoms with E-state index in [9.17, 15) is 27.6 Å². The third kappa shape index (κ3) is 7.56. The van der Waals surface area contributed by atoms with Crippen LogP contribution in [-0.2, 0) is 33.9 Å². The number of aromatic nitrogens is 1. The molecule has 266 valence electrons. The summed E-state index contributed by atoms with van der Waals surface area (Å²) < 4.78 is 45.6. The van der Waals surface area contributed by atoms with E-state index in [0.29, 0.717) is 56.8 Å². The molecular formula is C36H47N3O9S. The molecule has 2 aliphatic heterocycles. The van der Waals surface area contributed by atoms with Crippen molar-refractivity contribution >= 4 is 44.4 Å². The van der Waals surface area contributed by atoms with E-state index in [-0.39, 0.29) is 50.0 Å². The molecule has 4 aliphatic rings. The Kier molecular flexibility index (Phi) is 9.69. The summed E-state index contributed by atoms with van der Waals surface area (Å²) >= 11 is 0. The van der Waals surface area contributed by atoms with Gasteiger partial charge >= 0.3 is 5.97 Å². The van der Waals surface area contributed by atoms with Crippen LogP contribution in [0.25, 0.3) is 10.8 Å². The van der Waals surface area contributed by atoms with Crippen LogP contribution < -0.4 is 14.2 Å². The lowest BCUT2D eigenvalue weighted by molar-refractivity contribution is -0.153. The number of pyridine rings is 1. The molecule has 6 rings (SSSR count). The topological polar surface area (TPSA) is 158 Å². The highest BCUT2D eigenvalue weighted by Crippen LogP contribution is 2.58. The van der Waals surface area contributed by atoms with Gasteiger partial charge in [0, 0.05) is 24.4 Å². The molecule has 49 heavy (non-hydrogen) atoms. The number of carbonyl (C=O) groups excluding carboxylic acids is 4. The molecule has 2 saturated carbocycles. The molecule has 5 atom stereocenters. The predicted octanol–water partition coefficient (Wildman–Crippen LogP) is 4.34. The molecule has 1 aromatic heterocycles. The largest absolute Gasteiger partial charge is 0.494 e. The number of nitrogens with one attached hydrogen (secondary N) is 1. The van der Waals surface area contributed by atoms with Crippen molar-refractivity contribution in [2.24, 2.45) is 22.7 Å². The van der Waals surface area contributed by atoms with Crippen LogP contribution in [0.2, 0.25) is 0 Å². The Morgan fingerprint density at radius 1 is 1.08 bits per heavy atom. The smallest absolute Gasteiger partial charge is 0.306 e. The summed E-state index contributed by atoms with van der Waals surface area (Å²) in [6.07, 6.45) is 4.08. The van der Waals surface area contributed by atoms with Crippen molar-refractivity contribution in [3.05, 3.63) is 30.5 Å². The number of hydrogen-bond acceptors (Lipinski definition) is 10. The molecule has 0 radical (unpaired) electrons. The summed E-state index contributed by atoms with van der Waals surface area (Å²) in [7, 11) is -3.80. The second kappa shape index (κ2) is 13.5. The summed E-state index contributed by atoms with van der Waals surface area (Å²) in [4.78, 5) is 61.3. The van der Waals surface area contributed by atoms with Crippen LogP contribution in [-0.4, -0.2) is 79.0 Å². The average molecular weight is 698 g/mol. The summed E-state index contributed by atoms with van der Waals surface area (Å²) in [5.74, 6) is -1.81. The van der Waals surface area contributed by atoms with Gasteiger partial charge in [0.2, 0.25) is 27.7 Å². The van der Waals surface area contributed by atoms with E-state index in [1.54, 1.807) is 6.20 Å². The number of fused-ring (bicyclic) bond motifs is 3. The highest BCUT2D eigenvalue weighted by Gasteiger charge is 2.61. The SMILES string of the molecule is CCC1CC1(CC(=O)C1CC2CN1C(=O)C(C(C)(C)C)CC(=O)OCCCCOc1ccc3ccnc(c3c1)O2)C(=O)NS(=O)(=O)C1CC1. The Labute approximate surface area is 287 Å². The Bertz CT molecular complexity index is 1730. The van der Waals surface area contributed by atoms with Crippen molar-refractivity contribution in [2.75, 3.05) is 19.8 Å². The first-order valence-electron chi connectivity index (χ1n) is 17.4. The standard InChI is InChI=1S/C36H47N3O9S/c1-5-23-19-36(23,34(43)38-49(44,45)26-10-11-26)20-30(40)29-17-25-21-39(29)33(42)28(35(2,3)4)18-31(41)47-15-7-6-14-46-24-9-8-22-12-13-37-32(48-25)27(22)16-24/h8-9,12-13,16,23,25-26,28-29H,5-7,10-11,14-15,17-21H2,1-4H3,(H,38,43). The second-order valence-corrected chi connectivity index (χ2v) is 17.1. The fourth-order valence-electron chi connectivity index (χ4n) is 7.28. The van der Waals surface area contributed by atoms with Gasteiger partial charge in [0.05, 0.1) is 48.8 Å². The third-order valence-electron chi connectivity index (χ3n) is 10.5. The van der Waals surface area contributed by atoms with Crippen LogP contribution in [0.3, 0.4) is 0 Å². The average Bonchev–Trinajstić information content (AvgIpc) is 3.97. The molecule has 2 amide bonds. The van der Waals surface area contributed by atoms with Gasteiger partial charge in [-0.05, 0) is 67.0 Å². The maximum Gasteiger partial charge on any atom is 0.306 e. The van der Waals surface area contributed by atoms with Crippen LogP contribution in [0.15, 0.2) is 30.5 Å². The first-order valence-corrected chi connectivity index (χ1v) is 19.0. The number of esters is 1. The number of amides is 2. The van der Waals surface area contributed by atoms with Crippen LogP contribution in [0.5, 0.6) is 11.6 Å². The highest BCUT2D eigenvalue weighted by molar-refractivity contribution is 7.90. The fraction of sp³-hybridized carbons (Fsp3) is 0.639. The van der Waals surface area contributed by atoms with Gasteiger partial charge in [-0.3, -0.25) is 23.9 Å². The van der Waals surface area contributed by atoms with Gasteiger partial charge in [-0.25, -0.2) is 13.4 Å². The van der Waals surface area contributed by atoms with Crippen molar-refractivity contribution in [2.45, 2.75) is 103 Å². The number of Topliss-reactive ketones (excluding diaryl/α,β-unsaturated/α-hetero) is 1. The van der Waals surface area contributed by atoms with Crippen LogP contribution in [0, 0.1) is 22.7 Å². The molecule has 2 aromatic rings. The van der Waals surface area contributed by atoms with E-state index in [1.165, 1.54) is 4.90 Å². The zero-order valence-corrected chi connectivity index (χ0v) is 29.6. The molecule has 4 bridgehead atoms. The first kappa shape index (κ1) is 35.1. The van der Waals surface area contributed by atoms with E-state index in [1.807, 2.05) is 52.0 Å². The van der Waals surface area contributed by atoms with Crippen LogP contribution in [0.4, 0.5) is 0 Å². The molecule has 0 spiro atoms. The number of ketones is 1. The number of carbonyl (C=O) groups is 4. The number of cyclic esters (lactones) is 1. The van der Waals surface area contributed by atoms with Crippen molar-refractivity contribution in [1.29, 1.82) is 0 Å². The lowest BCUT2D eigenvalue weighted by Gasteiger charge is -2.34. The summed E-state index contributed by atoms with van der Waals surface area (Å²) in [6.45, 7) is 8.23. The Morgan fingerprint density at radius 2 is 1.82 bits per heavy atom. The molecule has 13 heteroatoms. The minimum Gasteiger partial charge on any atom is -0.494 e. The maximum atomic E-state index is 14.5. The van der Waals surface area contributed by atoms with Crippen molar-refractivity contribution < 1.29 is 41.8 Å². The van der Waals surface area contributed by atoms with Gasteiger partial charge in [0.15, 0.2) is 5.78 Å². The van der Waals surface area contributed by atoms with E-state index >= 15 is 0 Å². The van der Waals surface area contributed by atoms with Gasteiger partial charge < -0.3 is 19.1 Å². The van der Waals surface area contributed by atoms with Gasteiger partial charge in [0.1, 0.15) is 11.9 Å². The van der Waals surface area contributed by atoms with Gasteiger partial charge in [-0.2, -0.15) is 0 Å². The lowest BCUT2D eigenvalue weighted by atomic mass is 9.77. The van der Waals surface area contributed by atoms with Crippen molar-refractivity contribution in [1.82, 2.24) is 14.6 Å². The molecule has 1 saturated heterocycles. The number of nitrogens with zero attached hydrogens (tertiary/aromatic N) is 2. The molecule has 5 unspecified atom stereocenters. The molecular weight excluding hydrogens is 650 g/mol. The van der Waals surface area contributed by atoms with Gasteiger partial charge in [-0.15, -0.1) is 0 Å². The van der Waals surface area contributed by atoms with E-state index in [2.05, 4.69) is 9.71 Å². The highest BCUT2D eigenvalue weighted by atomic mass is 32.2. The normalized spacial score (nSPS) is 28.2. The molecule has 12 nitrogen and oxygen atoms in total. The Morgan fingerprint density at radius 3 is 2.49 bits per heavy atom. The maximum absolute atomic E-state index is 14.5. The second-order valence-electron chi connectivity index (χ2n) is 15.2. The summed E-state index contributed by atoms with van der Waals surface area (Å²) in [6, 6.07) is 6.55. The minimum atomic E-state index is -3.80. The Hall–Kier alpha value is -3.74. The van der Waals surface area contributed by atoms with Crippen LogP contribution >= 0.6 is 0 Å². The third-order valence-corrected chi connectivity index (χ3v) is 12.4. The number of hydrogen-bond donors (Lipinski definition) is 1. The number of rotatable bonds is 7. The molecule has 3 fully saturated rings. The monoisotopic (exact) mass is 697 g/mol. The number of benzene rings is 1. The number of sulfonamides is 1. The van der Waals surface area contributed by atoms with Gasteiger partial charge in [-0.1, -0.05) is 40.2 Å². The fourth-order valence-corrected chi connectivity index (χ4v) is 8.66. The Balaban J connectivity index is 1.32. The summed E-state index contributed by atoms with van der Waals surface area (Å²) in [5, 5.41) is 1.04. The molecule has 1 N–H and O–H groups in total. The van der Waals surface area contributed by atoms with Gasteiger partial charge in [0.25, 0.3) is 0 Å². The molecule has 3 heterocycles. The molecule has 2 aliphatic carbocycles. The predicted molar refractivity (Wildman–Crippen MR) is 180 cm³/mol. The quantitative estimate of drug-likeness (QED) is 0.413. The van der Waals surface area contributed by atoms with Crippen LogP contribution in [0.1, 0.15) is 85.5 Å². The zero-order valence-electron chi connectivity index (χ0n) is 28.7. The van der Waals surface area contributed by atoms with E-state index in [0.717, 1.165) is 10.8 Å². The summed E-state index contributed by atoms with van der Waals surface area (Å²) in [5.41, 5.74) is -1.80. The van der Waals surface area contributed by atoms with E-state index in [4.69, 9.17) is 14.2 Å². The minimum absolute atomic E-state index is 0.0671. The van der Waals surface area contributed by atoms with Crippen molar-refractivity contribution in [3.63, 3.8) is 0 Å².